The Balaban J connectivity index is 3.15. The predicted molar refractivity (Wildman–Crippen MR) is 45.7 cm³/mol. The quantitative estimate of drug-likeness (QED) is 0.570. The molecule has 1 unspecified atom stereocenters. The summed E-state index contributed by atoms with van der Waals surface area (Å²) in [6.45, 7) is 6.89. The van der Waals surface area contributed by atoms with Crippen molar-refractivity contribution in [3.63, 3.8) is 0 Å². The van der Waals surface area contributed by atoms with Crippen LogP contribution in [0.25, 0.3) is 0 Å². The molecule has 11 heavy (non-hydrogen) atoms. The van der Waals surface area contributed by atoms with Gasteiger partial charge in [-0.15, -0.1) is 0 Å². The molecule has 1 N–H and O–H groups in total. The average molecular weight is 161 g/mol. The summed E-state index contributed by atoms with van der Waals surface area (Å²) in [6.07, 6.45) is -0.248. The molecule has 3 nitrogen and oxygen atoms in total. The molecule has 0 saturated heterocycles. The number of aliphatic hydroxyl groups excluding tert-OH is 1. The molecule has 3 heteroatoms. The second kappa shape index (κ2) is 6.58. The normalized spacial score (nSPS) is 13.9. The maximum Gasteiger partial charge on any atom is 0.0638 e. The standard InChI is InChI=1S/C8H19NO2/c1-4-11-6-5-9(3)7-8(2)10/h8,10H,4-7H2,1-3H3. The van der Waals surface area contributed by atoms with Crippen LogP contribution in [0.15, 0.2) is 0 Å². The van der Waals surface area contributed by atoms with Crippen molar-refractivity contribution in [3.05, 3.63) is 0 Å². The number of likely N-dealkylation sites (N-methyl/N-ethyl adjacent to an activating group) is 1. The molecule has 0 aliphatic carbocycles. The number of ether oxygens (including phenoxy) is 1. The highest BCUT2D eigenvalue weighted by Gasteiger charge is 2.01. The van der Waals surface area contributed by atoms with Crippen molar-refractivity contribution in [2.45, 2.75) is 20.0 Å². The smallest absolute Gasteiger partial charge is 0.0638 e. The van der Waals surface area contributed by atoms with E-state index < -0.39 is 0 Å². The van der Waals surface area contributed by atoms with E-state index in [1.165, 1.54) is 0 Å². The maximum atomic E-state index is 9.00. The largest absolute Gasteiger partial charge is 0.392 e. The Morgan fingerprint density at radius 1 is 1.55 bits per heavy atom. The van der Waals surface area contributed by atoms with Crippen molar-refractivity contribution in [3.8, 4) is 0 Å². The SMILES string of the molecule is CCOCCN(C)CC(C)O. The zero-order valence-electron chi connectivity index (χ0n) is 7.71. The van der Waals surface area contributed by atoms with Gasteiger partial charge in [0.1, 0.15) is 0 Å². The van der Waals surface area contributed by atoms with Gasteiger partial charge < -0.3 is 14.7 Å². The molecule has 0 aliphatic rings. The van der Waals surface area contributed by atoms with Crippen LogP contribution in [-0.2, 0) is 4.74 Å². The number of hydrogen-bond acceptors (Lipinski definition) is 3. The highest BCUT2D eigenvalue weighted by Crippen LogP contribution is 1.87. The highest BCUT2D eigenvalue weighted by molar-refractivity contribution is 4.54. The molecule has 0 amide bonds. The third-order valence-electron chi connectivity index (χ3n) is 1.40. The molecule has 0 spiro atoms. The summed E-state index contributed by atoms with van der Waals surface area (Å²) in [6, 6.07) is 0. The molecule has 0 saturated carbocycles. The van der Waals surface area contributed by atoms with Crippen LogP contribution in [-0.4, -0.2) is 49.5 Å². The van der Waals surface area contributed by atoms with E-state index in [1.54, 1.807) is 6.92 Å². The Hall–Kier alpha value is -0.120. The molecular weight excluding hydrogens is 142 g/mol. The van der Waals surface area contributed by atoms with E-state index in [0.717, 1.165) is 19.8 Å². The van der Waals surface area contributed by atoms with Crippen molar-refractivity contribution in [1.29, 1.82) is 0 Å². The first-order chi connectivity index (χ1) is 5.16. The first-order valence-electron chi connectivity index (χ1n) is 4.11. The zero-order valence-corrected chi connectivity index (χ0v) is 7.71. The fraction of sp³-hybridized carbons (Fsp3) is 1.00. The fourth-order valence-corrected chi connectivity index (χ4v) is 0.907. The van der Waals surface area contributed by atoms with E-state index in [9.17, 15) is 0 Å². The van der Waals surface area contributed by atoms with Crippen LogP contribution in [0.3, 0.4) is 0 Å². The van der Waals surface area contributed by atoms with Crippen LogP contribution >= 0.6 is 0 Å². The van der Waals surface area contributed by atoms with Crippen molar-refractivity contribution in [2.75, 3.05) is 33.4 Å². The van der Waals surface area contributed by atoms with Crippen LogP contribution in [0.2, 0.25) is 0 Å². The van der Waals surface area contributed by atoms with Gasteiger partial charge in [0.2, 0.25) is 0 Å². The fourth-order valence-electron chi connectivity index (χ4n) is 0.907. The van der Waals surface area contributed by atoms with E-state index in [4.69, 9.17) is 9.84 Å². The third kappa shape index (κ3) is 7.78. The summed E-state index contributed by atoms with van der Waals surface area (Å²) in [5.41, 5.74) is 0. The molecule has 0 aromatic heterocycles. The number of rotatable bonds is 6. The number of hydrogen-bond donors (Lipinski definition) is 1. The van der Waals surface area contributed by atoms with Gasteiger partial charge in [0.25, 0.3) is 0 Å². The molecule has 0 aliphatic heterocycles. The Kier molecular flexibility index (Phi) is 6.51. The summed E-state index contributed by atoms with van der Waals surface area (Å²) in [5, 5.41) is 9.00. The van der Waals surface area contributed by atoms with E-state index in [1.807, 2.05) is 14.0 Å². The molecule has 1 atom stereocenters. The summed E-state index contributed by atoms with van der Waals surface area (Å²) in [5.74, 6) is 0. The lowest BCUT2D eigenvalue weighted by Crippen LogP contribution is -2.30. The Morgan fingerprint density at radius 3 is 2.64 bits per heavy atom. The minimum Gasteiger partial charge on any atom is -0.392 e. The zero-order chi connectivity index (χ0) is 8.69. The Morgan fingerprint density at radius 2 is 2.18 bits per heavy atom. The summed E-state index contributed by atoms with van der Waals surface area (Å²) >= 11 is 0. The van der Waals surface area contributed by atoms with E-state index >= 15 is 0 Å². The van der Waals surface area contributed by atoms with Crippen molar-refractivity contribution in [2.24, 2.45) is 0 Å². The highest BCUT2D eigenvalue weighted by atomic mass is 16.5. The molecule has 0 radical (unpaired) electrons. The molecule has 0 rings (SSSR count). The predicted octanol–water partition coefficient (Wildman–Crippen LogP) is 0.336. The summed E-state index contributed by atoms with van der Waals surface area (Å²) in [7, 11) is 1.98. The molecule has 0 fully saturated rings. The lowest BCUT2D eigenvalue weighted by Gasteiger charge is -2.17. The van der Waals surface area contributed by atoms with Gasteiger partial charge in [0.05, 0.1) is 12.7 Å². The summed E-state index contributed by atoms with van der Waals surface area (Å²) in [4.78, 5) is 2.06. The average Bonchev–Trinajstić information content (AvgIpc) is 1.86. The molecule has 0 aromatic rings. The van der Waals surface area contributed by atoms with Crippen molar-refractivity contribution < 1.29 is 9.84 Å². The lowest BCUT2D eigenvalue weighted by atomic mass is 10.4. The topological polar surface area (TPSA) is 32.7 Å². The van der Waals surface area contributed by atoms with Gasteiger partial charge in [-0.3, -0.25) is 0 Å². The monoisotopic (exact) mass is 161 g/mol. The Labute approximate surface area is 69.0 Å². The maximum absolute atomic E-state index is 9.00. The van der Waals surface area contributed by atoms with Gasteiger partial charge in [-0.25, -0.2) is 0 Å². The number of nitrogens with zero attached hydrogens (tertiary/aromatic N) is 1. The lowest BCUT2D eigenvalue weighted by molar-refractivity contribution is 0.0957. The van der Waals surface area contributed by atoms with E-state index in [2.05, 4.69) is 4.90 Å². The van der Waals surface area contributed by atoms with Gasteiger partial charge in [0.15, 0.2) is 0 Å². The minimum atomic E-state index is -0.248. The summed E-state index contributed by atoms with van der Waals surface area (Å²) < 4.78 is 5.16. The van der Waals surface area contributed by atoms with Gasteiger partial charge in [0, 0.05) is 19.7 Å². The molecule has 0 aromatic carbocycles. The minimum absolute atomic E-state index is 0.248. The van der Waals surface area contributed by atoms with E-state index in [-0.39, 0.29) is 6.10 Å². The molecule has 0 bridgehead atoms. The van der Waals surface area contributed by atoms with E-state index in [0.29, 0.717) is 6.54 Å². The van der Waals surface area contributed by atoms with Gasteiger partial charge in [-0.05, 0) is 20.9 Å². The van der Waals surface area contributed by atoms with Gasteiger partial charge in [-0.2, -0.15) is 0 Å². The Bertz CT molecular complexity index is 86.2. The second-order valence-electron chi connectivity index (χ2n) is 2.81. The third-order valence-corrected chi connectivity index (χ3v) is 1.40. The van der Waals surface area contributed by atoms with Crippen molar-refractivity contribution in [1.82, 2.24) is 4.90 Å². The van der Waals surface area contributed by atoms with Gasteiger partial charge in [-0.1, -0.05) is 0 Å². The van der Waals surface area contributed by atoms with Crippen LogP contribution in [0.4, 0.5) is 0 Å². The molecule has 0 heterocycles. The molecule has 68 valence electrons. The first-order valence-corrected chi connectivity index (χ1v) is 4.11. The van der Waals surface area contributed by atoms with Crippen LogP contribution in [0, 0.1) is 0 Å². The number of aliphatic hydroxyl groups is 1. The van der Waals surface area contributed by atoms with Crippen molar-refractivity contribution >= 4 is 0 Å². The van der Waals surface area contributed by atoms with Crippen LogP contribution in [0.5, 0.6) is 0 Å². The van der Waals surface area contributed by atoms with Crippen LogP contribution in [0.1, 0.15) is 13.8 Å². The first kappa shape index (κ1) is 10.9. The second-order valence-corrected chi connectivity index (χ2v) is 2.81. The molecular formula is C8H19NO2. The van der Waals surface area contributed by atoms with Gasteiger partial charge >= 0.3 is 0 Å². The van der Waals surface area contributed by atoms with Crippen LogP contribution < -0.4 is 0 Å².